The molecule has 2 heterocycles. The molecule has 23 heavy (non-hydrogen) atoms. The summed E-state index contributed by atoms with van der Waals surface area (Å²) >= 11 is 9.44. The molecular formula is C14H9ClIN3O3S. The summed E-state index contributed by atoms with van der Waals surface area (Å²) in [4.78, 5) is 24.2. The van der Waals surface area contributed by atoms with Crippen molar-refractivity contribution < 1.29 is 14.3 Å². The Morgan fingerprint density at radius 1 is 1.43 bits per heavy atom. The molecule has 0 fully saturated rings. The number of aromatic amines is 1. The maximum absolute atomic E-state index is 12.2. The van der Waals surface area contributed by atoms with E-state index in [9.17, 15) is 9.59 Å². The van der Waals surface area contributed by atoms with Crippen LogP contribution in [0.1, 0.15) is 20.2 Å². The predicted octanol–water partition coefficient (Wildman–Crippen LogP) is 3.92. The molecule has 0 spiro atoms. The number of fused-ring (bicyclic) bond motifs is 1. The first-order chi connectivity index (χ1) is 11.0. The fourth-order valence-electron chi connectivity index (χ4n) is 1.99. The molecule has 0 aliphatic rings. The number of carbonyl (C=O) groups excluding carboxylic acids is 2. The highest BCUT2D eigenvalue weighted by molar-refractivity contribution is 14.1. The number of benzene rings is 1. The van der Waals surface area contributed by atoms with Crippen LogP contribution in [0.5, 0.6) is 0 Å². The fourth-order valence-corrected chi connectivity index (χ4v) is 3.96. The minimum Gasteiger partial charge on any atom is -0.465 e. The van der Waals surface area contributed by atoms with Gasteiger partial charge in [0.25, 0.3) is 5.91 Å². The highest BCUT2D eigenvalue weighted by Crippen LogP contribution is 2.37. The van der Waals surface area contributed by atoms with Crippen molar-refractivity contribution in [2.75, 3.05) is 12.4 Å². The SMILES string of the molecule is COC(=O)c1sc2cc(NC(=O)c3[nH]ncc3I)ccc2c1Cl. The number of hydrogen-bond acceptors (Lipinski definition) is 5. The van der Waals surface area contributed by atoms with Crippen LogP contribution >= 0.6 is 45.5 Å². The van der Waals surface area contributed by atoms with Gasteiger partial charge >= 0.3 is 5.97 Å². The van der Waals surface area contributed by atoms with Crippen molar-refractivity contribution in [1.29, 1.82) is 0 Å². The number of anilines is 1. The molecular weight excluding hydrogens is 453 g/mol. The zero-order valence-electron chi connectivity index (χ0n) is 11.6. The zero-order valence-corrected chi connectivity index (χ0v) is 15.4. The molecule has 0 aliphatic heterocycles. The lowest BCUT2D eigenvalue weighted by molar-refractivity contribution is 0.0606. The van der Waals surface area contributed by atoms with Gasteiger partial charge < -0.3 is 10.1 Å². The fraction of sp³-hybridized carbons (Fsp3) is 0.0714. The number of thiophene rings is 1. The van der Waals surface area contributed by atoms with E-state index in [-0.39, 0.29) is 5.91 Å². The van der Waals surface area contributed by atoms with Crippen LogP contribution in [0.25, 0.3) is 10.1 Å². The normalized spacial score (nSPS) is 10.7. The minimum absolute atomic E-state index is 0.290. The van der Waals surface area contributed by atoms with E-state index in [1.54, 1.807) is 24.4 Å². The number of methoxy groups -OCH3 is 1. The summed E-state index contributed by atoms with van der Waals surface area (Å²) in [5.41, 5.74) is 0.993. The van der Waals surface area contributed by atoms with Crippen molar-refractivity contribution in [2.45, 2.75) is 0 Å². The number of aromatic nitrogens is 2. The Kier molecular flexibility index (Phi) is 4.55. The van der Waals surface area contributed by atoms with Crippen molar-refractivity contribution >= 4 is 73.2 Å². The highest BCUT2D eigenvalue weighted by atomic mass is 127. The van der Waals surface area contributed by atoms with Gasteiger partial charge in [0.15, 0.2) is 0 Å². The first kappa shape index (κ1) is 16.2. The van der Waals surface area contributed by atoms with E-state index in [4.69, 9.17) is 16.3 Å². The molecule has 0 saturated heterocycles. The molecule has 2 N–H and O–H groups in total. The summed E-state index contributed by atoms with van der Waals surface area (Å²) in [6, 6.07) is 5.25. The largest absolute Gasteiger partial charge is 0.465 e. The first-order valence-corrected chi connectivity index (χ1v) is 8.59. The van der Waals surface area contributed by atoms with Crippen LogP contribution in [0.15, 0.2) is 24.4 Å². The van der Waals surface area contributed by atoms with E-state index in [0.717, 1.165) is 13.7 Å². The molecule has 0 aliphatic carbocycles. The minimum atomic E-state index is -0.478. The first-order valence-electron chi connectivity index (χ1n) is 6.32. The Balaban J connectivity index is 1.93. The van der Waals surface area contributed by atoms with Crippen molar-refractivity contribution in [3.63, 3.8) is 0 Å². The maximum atomic E-state index is 12.2. The van der Waals surface area contributed by atoms with Gasteiger partial charge in [-0.3, -0.25) is 9.89 Å². The van der Waals surface area contributed by atoms with Gasteiger partial charge in [-0.05, 0) is 40.8 Å². The smallest absolute Gasteiger partial charge is 0.349 e. The molecule has 3 rings (SSSR count). The number of nitrogens with one attached hydrogen (secondary N) is 2. The Morgan fingerprint density at radius 2 is 2.22 bits per heavy atom. The maximum Gasteiger partial charge on any atom is 0.349 e. The molecule has 1 amide bonds. The topological polar surface area (TPSA) is 84.1 Å². The van der Waals surface area contributed by atoms with Crippen LogP contribution in [0, 0.1) is 3.57 Å². The number of nitrogens with zero attached hydrogens (tertiary/aromatic N) is 1. The molecule has 3 aromatic rings. The Hall–Kier alpha value is -1.65. The third-order valence-corrected chi connectivity index (χ3v) is 5.53. The van der Waals surface area contributed by atoms with Crippen LogP contribution in [0.3, 0.4) is 0 Å². The van der Waals surface area contributed by atoms with Crippen LogP contribution in [0.2, 0.25) is 5.02 Å². The van der Waals surface area contributed by atoms with Gasteiger partial charge in [0.2, 0.25) is 0 Å². The van der Waals surface area contributed by atoms with Crippen LogP contribution in [-0.4, -0.2) is 29.2 Å². The van der Waals surface area contributed by atoms with Crippen molar-refractivity contribution in [3.8, 4) is 0 Å². The lowest BCUT2D eigenvalue weighted by atomic mass is 10.2. The van der Waals surface area contributed by atoms with Crippen molar-refractivity contribution in [2.24, 2.45) is 0 Å². The second-order valence-corrected chi connectivity index (χ2v) is 7.09. The molecule has 0 radical (unpaired) electrons. The van der Waals surface area contributed by atoms with E-state index in [2.05, 4.69) is 15.5 Å². The number of hydrogen-bond donors (Lipinski definition) is 2. The number of esters is 1. The number of ether oxygens (including phenoxy) is 1. The Morgan fingerprint density at radius 3 is 2.87 bits per heavy atom. The summed E-state index contributed by atoms with van der Waals surface area (Å²) in [5, 5.41) is 10.3. The van der Waals surface area contributed by atoms with Crippen LogP contribution in [0.4, 0.5) is 5.69 Å². The highest BCUT2D eigenvalue weighted by Gasteiger charge is 2.18. The van der Waals surface area contributed by atoms with Gasteiger partial charge in [0, 0.05) is 15.8 Å². The molecule has 0 unspecified atom stereocenters. The molecule has 2 aromatic heterocycles. The molecule has 0 saturated carbocycles. The lowest BCUT2D eigenvalue weighted by Gasteiger charge is -2.04. The third-order valence-electron chi connectivity index (χ3n) is 3.08. The summed E-state index contributed by atoms with van der Waals surface area (Å²) in [6.07, 6.45) is 1.57. The number of halogens is 2. The van der Waals surface area contributed by atoms with Gasteiger partial charge in [-0.15, -0.1) is 11.3 Å². The van der Waals surface area contributed by atoms with E-state index in [0.29, 0.717) is 21.3 Å². The van der Waals surface area contributed by atoms with Gasteiger partial charge in [0.1, 0.15) is 10.6 Å². The van der Waals surface area contributed by atoms with E-state index in [1.165, 1.54) is 18.4 Å². The molecule has 9 heteroatoms. The quantitative estimate of drug-likeness (QED) is 0.457. The Bertz CT molecular complexity index is 921. The molecule has 118 valence electrons. The van der Waals surface area contributed by atoms with E-state index >= 15 is 0 Å². The molecule has 0 bridgehead atoms. The van der Waals surface area contributed by atoms with Gasteiger partial charge in [-0.25, -0.2) is 4.79 Å². The lowest BCUT2D eigenvalue weighted by Crippen LogP contribution is -2.13. The molecule has 1 aromatic carbocycles. The van der Waals surface area contributed by atoms with Gasteiger partial charge in [0.05, 0.1) is 21.9 Å². The monoisotopic (exact) mass is 461 g/mol. The molecule has 6 nitrogen and oxygen atoms in total. The summed E-state index contributed by atoms with van der Waals surface area (Å²) < 4.78 is 6.22. The third kappa shape index (κ3) is 3.06. The Labute approximate surface area is 153 Å². The number of rotatable bonds is 3. The van der Waals surface area contributed by atoms with Gasteiger partial charge in [-0.2, -0.15) is 5.10 Å². The van der Waals surface area contributed by atoms with E-state index in [1.807, 2.05) is 22.6 Å². The van der Waals surface area contributed by atoms with Crippen molar-refractivity contribution in [1.82, 2.24) is 10.2 Å². The second kappa shape index (κ2) is 6.46. The number of amides is 1. The molecule has 0 atom stereocenters. The van der Waals surface area contributed by atoms with Crippen LogP contribution in [-0.2, 0) is 4.74 Å². The van der Waals surface area contributed by atoms with Crippen LogP contribution < -0.4 is 5.32 Å². The average Bonchev–Trinajstić information content (AvgIpc) is 3.10. The zero-order chi connectivity index (χ0) is 16.6. The summed E-state index contributed by atoms with van der Waals surface area (Å²) in [6.45, 7) is 0. The predicted molar refractivity (Wildman–Crippen MR) is 97.4 cm³/mol. The second-order valence-electron chi connectivity index (χ2n) is 4.49. The number of carbonyl (C=O) groups is 2. The van der Waals surface area contributed by atoms with Crippen molar-refractivity contribution in [3.05, 3.63) is 43.6 Å². The van der Waals surface area contributed by atoms with Gasteiger partial charge in [-0.1, -0.05) is 11.6 Å². The number of H-pyrrole nitrogens is 1. The summed E-state index contributed by atoms with van der Waals surface area (Å²) in [7, 11) is 1.31. The standard InChI is InChI=1S/C14H9ClIN3O3S/c1-22-14(21)12-10(15)7-3-2-6(4-9(7)23-12)18-13(20)11-8(16)5-17-19-11/h2-5H,1H3,(H,17,19)(H,18,20). The van der Waals surface area contributed by atoms with E-state index < -0.39 is 5.97 Å². The summed E-state index contributed by atoms with van der Waals surface area (Å²) in [5.74, 6) is -0.768. The average molecular weight is 462 g/mol.